The lowest BCUT2D eigenvalue weighted by Gasteiger charge is -2.38. The van der Waals surface area contributed by atoms with Crippen molar-refractivity contribution in [2.45, 2.75) is 25.4 Å². The molecule has 0 spiro atoms. The lowest BCUT2D eigenvalue weighted by Crippen LogP contribution is -2.59. The van der Waals surface area contributed by atoms with E-state index in [0.29, 0.717) is 18.5 Å². The minimum Gasteiger partial charge on any atom is -0.396 e. The molecule has 100 valence electrons. The van der Waals surface area contributed by atoms with Crippen molar-refractivity contribution < 1.29 is 9.90 Å². The number of carbonyl (C=O) groups is 1. The first-order valence-electron chi connectivity index (χ1n) is 6.35. The summed E-state index contributed by atoms with van der Waals surface area (Å²) >= 11 is 0. The first kappa shape index (κ1) is 13.5. The third-order valence-corrected chi connectivity index (χ3v) is 3.31. The number of nitrogens with one attached hydrogen (secondary N) is 1. The molecule has 1 fully saturated rings. The maximum atomic E-state index is 12.4. The van der Waals surface area contributed by atoms with E-state index in [4.69, 9.17) is 10.4 Å². The highest BCUT2D eigenvalue weighted by Crippen LogP contribution is 2.22. The van der Waals surface area contributed by atoms with Crippen molar-refractivity contribution >= 4 is 11.6 Å². The zero-order valence-electron chi connectivity index (χ0n) is 10.8. The second-order valence-electron chi connectivity index (χ2n) is 4.69. The van der Waals surface area contributed by atoms with Crippen molar-refractivity contribution in [2.75, 3.05) is 18.1 Å². The SMILES string of the molecule is CC1CNC(CCO)C(=O)N1c1cccc(C#N)c1. The second-order valence-corrected chi connectivity index (χ2v) is 4.69. The topological polar surface area (TPSA) is 76.4 Å². The van der Waals surface area contributed by atoms with Gasteiger partial charge in [0.15, 0.2) is 0 Å². The number of aliphatic hydroxyl groups excluding tert-OH is 1. The number of aliphatic hydroxyl groups is 1. The lowest BCUT2D eigenvalue weighted by molar-refractivity contribution is -0.122. The van der Waals surface area contributed by atoms with Gasteiger partial charge in [-0.3, -0.25) is 4.79 Å². The van der Waals surface area contributed by atoms with Gasteiger partial charge in [-0.2, -0.15) is 5.26 Å². The minimum absolute atomic E-state index is 0.0239. The van der Waals surface area contributed by atoms with E-state index < -0.39 is 0 Å². The Balaban J connectivity index is 2.29. The number of benzene rings is 1. The molecule has 0 aromatic heterocycles. The predicted octanol–water partition coefficient (Wildman–Crippen LogP) is 0.634. The Labute approximate surface area is 112 Å². The molecule has 0 saturated carbocycles. The molecule has 1 amide bonds. The first-order chi connectivity index (χ1) is 9.17. The molecule has 1 aromatic rings. The molecule has 1 aliphatic rings. The molecular weight excluding hydrogens is 242 g/mol. The number of hydrogen-bond acceptors (Lipinski definition) is 4. The van der Waals surface area contributed by atoms with E-state index in [-0.39, 0.29) is 24.6 Å². The molecular formula is C14H17N3O2. The second kappa shape index (κ2) is 5.83. The molecule has 2 unspecified atom stereocenters. The maximum absolute atomic E-state index is 12.4. The van der Waals surface area contributed by atoms with Gasteiger partial charge in [0.2, 0.25) is 5.91 Å². The number of anilines is 1. The van der Waals surface area contributed by atoms with Crippen LogP contribution in [0.1, 0.15) is 18.9 Å². The largest absolute Gasteiger partial charge is 0.396 e. The molecule has 1 saturated heterocycles. The van der Waals surface area contributed by atoms with E-state index in [2.05, 4.69) is 11.4 Å². The highest BCUT2D eigenvalue weighted by Gasteiger charge is 2.33. The molecule has 1 aromatic carbocycles. The standard InChI is InChI=1S/C14H17N3O2/c1-10-9-16-13(5-6-18)14(19)17(10)12-4-2-3-11(7-12)8-15/h2-4,7,10,13,16,18H,5-6,9H2,1H3. The molecule has 1 heterocycles. The number of piperazine rings is 1. The molecule has 2 atom stereocenters. The molecule has 5 heteroatoms. The van der Waals surface area contributed by atoms with Gasteiger partial charge >= 0.3 is 0 Å². The molecule has 5 nitrogen and oxygen atoms in total. The van der Waals surface area contributed by atoms with Crippen molar-refractivity contribution in [2.24, 2.45) is 0 Å². The summed E-state index contributed by atoms with van der Waals surface area (Å²) in [6.45, 7) is 2.61. The zero-order chi connectivity index (χ0) is 13.8. The average molecular weight is 259 g/mol. The van der Waals surface area contributed by atoms with Crippen LogP contribution in [0.4, 0.5) is 5.69 Å². The van der Waals surface area contributed by atoms with E-state index in [1.54, 1.807) is 23.1 Å². The van der Waals surface area contributed by atoms with E-state index in [1.807, 2.05) is 13.0 Å². The van der Waals surface area contributed by atoms with Crippen LogP contribution in [0.5, 0.6) is 0 Å². The summed E-state index contributed by atoms with van der Waals surface area (Å²) in [5.74, 6) is -0.0529. The fourth-order valence-corrected chi connectivity index (χ4v) is 2.34. The first-order valence-corrected chi connectivity index (χ1v) is 6.35. The number of nitriles is 1. The number of hydrogen-bond donors (Lipinski definition) is 2. The van der Waals surface area contributed by atoms with Gasteiger partial charge in [0, 0.05) is 24.9 Å². The van der Waals surface area contributed by atoms with Crippen LogP contribution in [0.15, 0.2) is 24.3 Å². The third kappa shape index (κ3) is 2.75. The van der Waals surface area contributed by atoms with E-state index in [0.717, 1.165) is 5.69 Å². The smallest absolute Gasteiger partial charge is 0.244 e. The normalized spacial score (nSPS) is 23.2. The highest BCUT2D eigenvalue weighted by atomic mass is 16.3. The van der Waals surface area contributed by atoms with Crippen LogP contribution in [0, 0.1) is 11.3 Å². The van der Waals surface area contributed by atoms with Crippen LogP contribution in [-0.4, -0.2) is 36.2 Å². The maximum Gasteiger partial charge on any atom is 0.244 e. The van der Waals surface area contributed by atoms with Gasteiger partial charge in [0.1, 0.15) is 0 Å². The number of rotatable bonds is 3. The Bertz CT molecular complexity index is 510. The van der Waals surface area contributed by atoms with Gasteiger partial charge in [-0.05, 0) is 31.5 Å². The zero-order valence-corrected chi connectivity index (χ0v) is 10.8. The number of nitrogens with zero attached hydrogens (tertiary/aromatic N) is 2. The summed E-state index contributed by atoms with van der Waals surface area (Å²) in [5, 5.41) is 21.0. The molecule has 2 rings (SSSR count). The van der Waals surface area contributed by atoms with Crippen molar-refractivity contribution in [1.29, 1.82) is 5.26 Å². The van der Waals surface area contributed by atoms with Crippen LogP contribution in [-0.2, 0) is 4.79 Å². The van der Waals surface area contributed by atoms with Crippen molar-refractivity contribution in [1.82, 2.24) is 5.32 Å². The predicted molar refractivity (Wildman–Crippen MR) is 71.6 cm³/mol. The van der Waals surface area contributed by atoms with Crippen LogP contribution in [0.2, 0.25) is 0 Å². The Kier molecular flexibility index (Phi) is 4.15. The summed E-state index contributed by atoms with van der Waals surface area (Å²) in [7, 11) is 0. The van der Waals surface area contributed by atoms with Gasteiger partial charge in [0.05, 0.1) is 17.7 Å². The van der Waals surface area contributed by atoms with Gasteiger partial charge < -0.3 is 15.3 Å². The third-order valence-electron chi connectivity index (χ3n) is 3.31. The minimum atomic E-state index is -0.355. The van der Waals surface area contributed by atoms with Gasteiger partial charge in [-0.25, -0.2) is 0 Å². The van der Waals surface area contributed by atoms with Crippen molar-refractivity contribution in [3.05, 3.63) is 29.8 Å². The van der Waals surface area contributed by atoms with E-state index in [9.17, 15) is 4.79 Å². The van der Waals surface area contributed by atoms with Crippen molar-refractivity contribution in [3.8, 4) is 6.07 Å². The Hall–Kier alpha value is -1.90. The summed E-state index contributed by atoms with van der Waals surface area (Å²) in [5.41, 5.74) is 1.27. The van der Waals surface area contributed by atoms with Crippen molar-refractivity contribution in [3.63, 3.8) is 0 Å². The summed E-state index contributed by atoms with van der Waals surface area (Å²) in [4.78, 5) is 14.1. The Morgan fingerprint density at radius 1 is 1.58 bits per heavy atom. The molecule has 19 heavy (non-hydrogen) atoms. The van der Waals surface area contributed by atoms with Gasteiger partial charge in [-0.1, -0.05) is 6.07 Å². The lowest BCUT2D eigenvalue weighted by atomic mass is 10.0. The Morgan fingerprint density at radius 2 is 2.37 bits per heavy atom. The molecule has 0 radical (unpaired) electrons. The summed E-state index contributed by atoms with van der Waals surface area (Å²) in [6, 6.07) is 8.79. The average Bonchev–Trinajstić information content (AvgIpc) is 2.42. The Morgan fingerprint density at radius 3 is 3.05 bits per heavy atom. The molecule has 0 aliphatic carbocycles. The van der Waals surface area contributed by atoms with E-state index in [1.165, 1.54) is 0 Å². The molecule has 2 N–H and O–H groups in total. The highest BCUT2D eigenvalue weighted by molar-refractivity contribution is 5.98. The van der Waals surface area contributed by atoms with E-state index >= 15 is 0 Å². The number of amides is 1. The van der Waals surface area contributed by atoms with Gasteiger partial charge in [-0.15, -0.1) is 0 Å². The fraction of sp³-hybridized carbons (Fsp3) is 0.429. The summed E-state index contributed by atoms with van der Waals surface area (Å²) in [6.07, 6.45) is 0.403. The monoisotopic (exact) mass is 259 g/mol. The van der Waals surface area contributed by atoms with Gasteiger partial charge in [0.25, 0.3) is 0 Å². The fourth-order valence-electron chi connectivity index (χ4n) is 2.34. The quantitative estimate of drug-likeness (QED) is 0.835. The molecule has 0 bridgehead atoms. The van der Waals surface area contributed by atoms with Crippen LogP contribution >= 0.6 is 0 Å². The summed E-state index contributed by atoms with van der Waals surface area (Å²) < 4.78 is 0. The molecule has 1 aliphatic heterocycles. The van der Waals surface area contributed by atoms with Crippen LogP contribution in [0.3, 0.4) is 0 Å². The number of carbonyl (C=O) groups excluding carboxylic acids is 1. The van der Waals surface area contributed by atoms with Crippen LogP contribution < -0.4 is 10.2 Å². The van der Waals surface area contributed by atoms with Crippen LogP contribution in [0.25, 0.3) is 0 Å².